The molecule has 7 heteroatoms. The smallest absolute Gasteiger partial charge is 0.253 e. The fourth-order valence-electron chi connectivity index (χ4n) is 2.94. The highest BCUT2D eigenvalue weighted by Crippen LogP contribution is 2.17. The first-order valence-electron chi connectivity index (χ1n) is 9.61. The molecule has 6 nitrogen and oxygen atoms in total. The van der Waals surface area contributed by atoms with E-state index in [0.29, 0.717) is 18.3 Å². The van der Waals surface area contributed by atoms with Gasteiger partial charge in [0.2, 0.25) is 0 Å². The van der Waals surface area contributed by atoms with Crippen LogP contribution in [0.2, 0.25) is 0 Å². The molecule has 0 saturated heterocycles. The van der Waals surface area contributed by atoms with Crippen molar-refractivity contribution in [2.75, 3.05) is 47.4 Å². The Morgan fingerprint density at radius 1 is 1.18 bits per heavy atom. The highest BCUT2D eigenvalue weighted by atomic mass is 32.1. The summed E-state index contributed by atoms with van der Waals surface area (Å²) in [6, 6.07) is 6.13. The number of aromatic amines is 1. The molecule has 0 spiro atoms. The quantitative estimate of drug-likeness (QED) is 0.494. The molecule has 0 fully saturated rings. The summed E-state index contributed by atoms with van der Waals surface area (Å²) in [6.07, 6.45) is 0.882. The summed E-state index contributed by atoms with van der Waals surface area (Å²) in [4.78, 5) is 19.8. The molecule has 2 N–H and O–H groups in total. The van der Waals surface area contributed by atoms with Crippen LogP contribution in [0.25, 0.3) is 10.9 Å². The second-order valence-electron chi connectivity index (χ2n) is 7.45. The SMILES string of the molecule is COCCCNC(=S)N(CCN(C)C)Cc1cc2cc(C)c(C)cc2[nH]c1=O. The highest BCUT2D eigenvalue weighted by molar-refractivity contribution is 7.80. The van der Waals surface area contributed by atoms with Crippen LogP contribution in [-0.2, 0) is 11.3 Å². The third-order valence-electron chi connectivity index (χ3n) is 4.80. The zero-order chi connectivity index (χ0) is 20.7. The average Bonchev–Trinajstić information content (AvgIpc) is 2.64. The molecule has 28 heavy (non-hydrogen) atoms. The normalized spacial score (nSPS) is 11.2. The van der Waals surface area contributed by atoms with Crippen LogP contribution in [0.5, 0.6) is 0 Å². The van der Waals surface area contributed by atoms with E-state index in [1.165, 1.54) is 11.1 Å². The number of nitrogens with zero attached hydrogens (tertiary/aromatic N) is 2. The van der Waals surface area contributed by atoms with Crippen LogP contribution in [0.4, 0.5) is 0 Å². The Hall–Kier alpha value is -1.96. The van der Waals surface area contributed by atoms with Gasteiger partial charge in [0, 0.05) is 44.4 Å². The second-order valence-corrected chi connectivity index (χ2v) is 7.84. The van der Waals surface area contributed by atoms with Crippen molar-refractivity contribution >= 4 is 28.2 Å². The van der Waals surface area contributed by atoms with Gasteiger partial charge in [-0.1, -0.05) is 0 Å². The van der Waals surface area contributed by atoms with Crippen molar-refractivity contribution in [3.8, 4) is 0 Å². The van der Waals surface area contributed by atoms with E-state index in [-0.39, 0.29) is 5.56 Å². The van der Waals surface area contributed by atoms with E-state index in [9.17, 15) is 4.79 Å². The molecule has 1 aromatic heterocycles. The molecule has 1 aromatic carbocycles. The van der Waals surface area contributed by atoms with Crippen molar-refractivity contribution in [2.45, 2.75) is 26.8 Å². The van der Waals surface area contributed by atoms with Crippen LogP contribution < -0.4 is 10.9 Å². The van der Waals surface area contributed by atoms with Gasteiger partial charge in [-0.25, -0.2) is 0 Å². The summed E-state index contributed by atoms with van der Waals surface area (Å²) in [6.45, 7) is 7.65. The predicted octanol–water partition coefficient (Wildman–Crippen LogP) is 2.42. The Balaban J connectivity index is 2.21. The number of benzene rings is 1. The number of methoxy groups -OCH3 is 1. The molecule has 0 saturated carbocycles. The molecule has 0 bridgehead atoms. The van der Waals surface area contributed by atoms with Gasteiger partial charge in [-0.05, 0) is 81.3 Å². The molecular formula is C21H32N4O2S. The van der Waals surface area contributed by atoms with Crippen molar-refractivity contribution in [1.82, 2.24) is 20.1 Å². The molecule has 0 radical (unpaired) electrons. The fraction of sp³-hybridized carbons (Fsp3) is 0.524. The molecule has 0 aliphatic heterocycles. The number of H-pyrrole nitrogens is 1. The summed E-state index contributed by atoms with van der Waals surface area (Å²) < 4.78 is 5.08. The Morgan fingerprint density at radius 2 is 1.89 bits per heavy atom. The number of aryl methyl sites for hydroxylation is 2. The van der Waals surface area contributed by atoms with Crippen molar-refractivity contribution in [3.05, 3.63) is 45.2 Å². The standard InChI is InChI=1S/C21H32N4O2S/c1-15-11-17-13-18(20(26)23-19(17)12-16(15)2)14-25(9-8-24(3)4)21(28)22-7-6-10-27-5/h11-13H,6-10,14H2,1-5H3,(H,22,28)(H,23,26). The maximum absolute atomic E-state index is 12.7. The van der Waals surface area contributed by atoms with Crippen LogP contribution >= 0.6 is 12.2 Å². The number of hydrogen-bond donors (Lipinski definition) is 2. The average molecular weight is 405 g/mol. The number of aromatic nitrogens is 1. The number of fused-ring (bicyclic) bond motifs is 1. The van der Waals surface area contributed by atoms with E-state index in [2.05, 4.69) is 40.0 Å². The summed E-state index contributed by atoms with van der Waals surface area (Å²) in [5, 5.41) is 4.99. The monoisotopic (exact) mass is 404 g/mol. The lowest BCUT2D eigenvalue weighted by Gasteiger charge is -2.27. The van der Waals surface area contributed by atoms with Gasteiger partial charge in [0.15, 0.2) is 5.11 Å². The van der Waals surface area contributed by atoms with Gasteiger partial charge in [-0.2, -0.15) is 0 Å². The van der Waals surface area contributed by atoms with Crippen molar-refractivity contribution in [3.63, 3.8) is 0 Å². The first-order chi connectivity index (χ1) is 13.3. The summed E-state index contributed by atoms with van der Waals surface area (Å²) >= 11 is 5.60. The van der Waals surface area contributed by atoms with E-state index in [4.69, 9.17) is 17.0 Å². The van der Waals surface area contributed by atoms with E-state index in [0.717, 1.165) is 42.5 Å². The molecule has 2 aromatic rings. The van der Waals surface area contributed by atoms with Crippen LogP contribution in [0.15, 0.2) is 23.0 Å². The lowest BCUT2D eigenvalue weighted by molar-refractivity contribution is 0.195. The first kappa shape index (κ1) is 22.3. The van der Waals surface area contributed by atoms with E-state index in [1.54, 1.807) is 7.11 Å². The molecule has 2 rings (SSSR count). The zero-order valence-corrected chi connectivity index (χ0v) is 18.4. The topological polar surface area (TPSA) is 60.6 Å². The molecule has 0 amide bonds. The zero-order valence-electron chi connectivity index (χ0n) is 17.6. The predicted molar refractivity (Wildman–Crippen MR) is 120 cm³/mol. The Labute approximate surface area is 172 Å². The Kier molecular flexibility index (Phi) is 8.41. The second kappa shape index (κ2) is 10.5. The molecule has 154 valence electrons. The van der Waals surface area contributed by atoms with Gasteiger partial charge in [0.05, 0.1) is 6.54 Å². The van der Waals surface area contributed by atoms with Gasteiger partial charge in [0.1, 0.15) is 0 Å². The molecule has 0 aliphatic rings. The van der Waals surface area contributed by atoms with Gasteiger partial charge >= 0.3 is 0 Å². The van der Waals surface area contributed by atoms with Crippen LogP contribution in [0.1, 0.15) is 23.1 Å². The summed E-state index contributed by atoms with van der Waals surface area (Å²) in [7, 11) is 5.75. The number of likely N-dealkylation sites (N-methyl/N-ethyl adjacent to an activating group) is 1. The maximum atomic E-state index is 12.7. The van der Waals surface area contributed by atoms with Crippen molar-refractivity contribution in [1.29, 1.82) is 0 Å². The van der Waals surface area contributed by atoms with Crippen molar-refractivity contribution in [2.24, 2.45) is 0 Å². The maximum Gasteiger partial charge on any atom is 0.253 e. The Morgan fingerprint density at radius 3 is 2.57 bits per heavy atom. The van der Waals surface area contributed by atoms with Crippen LogP contribution in [-0.4, -0.2) is 67.3 Å². The molecule has 0 atom stereocenters. The lowest BCUT2D eigenvalue weighted by atomic mass is 10.0. The third kappa shape index (κ3) is 6.29. The summed E-state index contributed by atoms with van der Waals surface area (Å²) in [5.41, 5.74) is 3.91. The van der Waals surface area contributed by atoms with E-state index < -0.39 is 0 Å². The molecular weight excluding hydrogens is 372 g/mol. The number of hydrogen-bond acceptors (Lipinski definition) is 4. The van der Waals surface area contributed by atoms with Gasteiger partial charge < -0.3 is 24.8 Å². The number of pyridine rings is 1. The first-order valence-corrected chi connectivity index (χ1v) is 10.0. The molecule has 0 unspecified atom stereocenters. The number of ether oxygens (including phenoxy) is 1. The lowest BCUT2D eigenvalue weighted by Crippen LogP contribution is -2.43. The summed E-state index contributed by atoms with van der Waals surface area (Å²) in [5.74, 6) is 0. The number of nitrogens with one attached hydrogen (secondary N) is 2. The number of rotatable bonds is 9. The highest BCUT2D eigenvalue weighted by Gasteiger charge is 2.14. The Bertz CT molecular complexity index is 863. The van der Waals surface area contributed by atoms with E-state index >= 15 is 0 Å². The van der Waals surface area contributed by atoms with Crippen molar-refractivity contribution < 1.29 is 4.74 Å². The fourth-order valence-corrected chi connectivity index (χ4v) is 3.20. The minimum absolute atomic E-state index is 0.0622. The minimum Gasteiger partial charge on any atom is -0.385 e. The third-order valence-corrected chi connectivity index (χ3v) is 5.20. The largest absolute Gasteiger partial charge is 0.385 e. The van der Waals surface area contributed by atoms with E-state index in [1.807, 2.05) is 26.2 Å². The minimum atomic E-state index is -0.0622. The van der Waals surface area contributed by atoms with Gasteiger partial charge in [-0.15, -0.1) is 0 Å². The van der Waals surface area contributed by atoms with Gasteiger partial charge in [0.25, 0.3) is 5.56 Å². The molecule has 0 aliphatic carbocycles. The van der Waals surface area contributed by atoms with Gasteiger partial charge in [-0.3, -0.25) is 4.79 Å². The van der Waals surface area contributed by atoms with Crippen LogP contribution in [0, 0.1) is 13.8 Å². The molecule has 1 heterocycles. The van der Waals surface area contributed by atoms with Crippen LogP contribution in [0.3, 0.4) is 0 Å². The number of thiocarbonyl (C=S) groups is 1.